The van der Waals surface area contributed by atoms with Gasteiger partial charge in [-0.2, -0.15) is 13.2 Å². The van der Waals surface area contributed by atoms with Gasteiger partial charge in [0.25, 0.3) is 11.5 Å². The topological polar surface area (TPSA) is 42.1 Å². The van der Waals surface area contributed by atoms with Crippen molar-refractivity contribution in [2.75, 3.05) is 7.11 Å². The fourth-order valence-corrected chi connectivity index (χ4v) is 3.73. The molecule has 3 rings (SSSR count). The minimum Gasteiger partial charge on any atom is -0.497 e. The molecule has 0 bridgehead atoms. The van der Waals surface area contributed by atoms with E-state index in [-0.39, 0.29) is 17.7 Å². The van der Waals surface area contributed by atoms with Crippen LogP contribution in [0.2, 0.25) is 0 Å². The molecule has 0 radical (unpaired) electrons. The summed E-state index contributed by atoms with van der Waals surface area (Å²) in [7, 11) is 1.31. The van der Waals surface area contributed by atoms with E-state index in [2.05, 4.69) is 11.9 Å². The smallest absolute Gasteiger partial charge is 0.417 e. The summed E-state index contributed by atoms with van der Waals surface area (Å²) in [6.45, 7) is 2.08. The Bertz CT molecular complexity index is 919. The maximum atomic E-state index is 14.8. The summed E-state index contributed by atoms with van der Waals surface area (Å²) in [5, 5.41) is -0.477. The van der Waals surface area contributed by atoms with Crippen LogP contribution in [0.15, 0.2) is 23.0 Å². The number of fused-ring (bicyclic) bond motifs is 1. The summed E-state index contributed by atoms with van der Waals surface area (Å²) in [6.07, 6.45) is -3.45. The molecule has 1 saturated carbocycles. The van der Waals surface area contributed by atoms with E-state index in [1.807, 2.05) is 0 Å². The van der Waals surface area contributed by atoms with Crippen LogP contribution < -0.4 is 10.3 Å². The van der Waals surface area contributed by atoms with E-state index in [1.54, 1.807) is 0 Å². The Labute approximate surface area is 158 Å². The average molecular weight is 403 g/mol. The lowest BCUT2D eigenvalue weighted by Crippen LogP contribution is -2.30. The van der Waals surface area contributed by atoms with Crippen molar-refractivity contribution in [1.82, 2.24) is 4.98 Å². The van der Waals surface area contributed by atoms with E-state index in [0.29, 0.717) is 18.3 Å². The molecule has 2 unspecified atom stereocenters. The highest BCUT2D eigenvalue weighted by atomic mass is 19.4. The first-order valence-electron chi connectivity index (χ1n) is 9.24. The van der Waals surface area contributed by atoms with Crippen molar-refractivity contribution in [2.24, 2.45) is 11.8 Å². The molecule has 1 aromatic heterocycles. The minimum absolute atomic E-state index is 0.0631. The van der Waals surface area contributed by atoms with Gasteiger partial charge in [0.15, 0.2) is 0 Å². The van der Waals surface area contributed by atoms with E-state index in [0.717, 1.165) is 18.9 Å². The summed E-state index contributed by atoms with van der Waals surface area (Å²) in [6, 6.07) is 3.47. The number of methoxy groups -OCH3 is 1. The van der Waals surface area contributed by atoms with Crippen LogP contribution in [0, 0.1) is 11.8 Å². The number of unbranched alkanes of at least 4 members (excludes halogenated alkanes) is 1. The predicted octanol–water partition coefficient (Wildman–Crippen LogP) is 5.86. The van der Waals surface area contributed by atoms with E-state index < -0.39 is 40.6 Å². The van der Waals surface area contributed by atoms with Gasteiger partial charge in [-0.25, -0.2) is 8.78 Å². The van der Waals surface area contributed by atoms with Gasteiger partial charge >= 0.3 is 6.18 Å². The van der Waals surface area contributed by atoms with E-state index in [4.69, 9.17) is 4.74 Å². The number of nitrogens with one attached hydrogen (secondary N) is 1. The number of halogens is 5. The molecule has 1 aliphatic rings. The van der Waals surface area contributed by atoms with Gasteiger partial charge < -0.3 is 9.72 Å². The van der Waals surface area contributed by atoms with Gasteiger partial charge in [0.2, 0.25) is 0 Å². The Morgan fingerprint density at radius 3 is 2.39 bits per heavy atom. The number of aromatic amines is 1. The standard InChI is InChI=1S/C20H22F5NO2/c1-11-9-12(11)5-3-4-8-19(21,22)17-16(20(23,24)25)14-7-6-13(28-2)10-15(14)26-18(17)27/h6-7,10-12H,3-5,8-9H2,1-2H3,(H,26,27). The van der Waals surface area contributed by atoms with Gasteiger partial charge in [-0.3, -0.25) is 4.79 Å². The molecule has 0 aliphatic heterocycles. The molecule has 1 aliphatic carbocycles. The summed E-state index contributed by atoms with van der Waals surface area (Å²) < 4.78 is 75.5. The highest BCUT2D eigenvalue weighted by molar-refractivity contribution is 5.85. The van der Waals surface area contributed by atoms with Crippen molar-refractivity contribution in [2.45, 2.75) is 51.1 Å². The highest BCUT2D eigenvalue weighted by Crippen LogP contribution is 2.45. The molecule has 0 spiro atoms. The zero-order valence-corrected chi connectivity index (χ0v) is 15.6. The van der Waals surface area contributed by atoms with Crippen molar-refractivity contribution in [3.8, 4) is 5.75 Å². The number of pyridine rings is 1. The molecule has 1 N–H and O–H groups in total. The first-order valence-corrected chi connectivity index (χ1v) is 9.24. The zero-order valence-electron chi connectivity index (χ0n) is 15.6. The second kappa shape index (κ2) is 7.37. The van der Waals surface area contributed by atoms with Gasteiger partial charge in [-0.1, -0.05) is 19.8 Å². The van der Waals surface area contributed by atoms with Crippen molar-refractivity contribution in [3.63, 3.8) is 0 Å². The molecule has 8 heteroatoms. The zero-order chi connectivity index (χ0) is 20.7. The molecule has 1 fully saturated rings. The Balaban J connectivity index is 1.98. The third-order valence-corrected chi connectivity index (χ3v) is 5.46. The summed E-state index contributed by atoms with van der Waals surface area (Å²) in [5.74, 6) is -2.54. The number of aromatic nitrogens is 1. The molecule has 28 heavy (non-hydrogen) atoms. The minimum atomic E-state index is -5.09. The van der Waals surface area contributed by atoms with Gasteiger partial charge in [0.05, 0.1) is 23.8 Å². The molecular weight excluding hydrogens is 381 g/mol. The lowest BCUT2D eigenvalue weighted by atomic mass is 9.94. The third kappa shape index (κ3) is 4.15. The Kier molecular flexibility index (Phi) is 5.42. The SMILES string of the molecule is COc1ccc2c(C(F)(F)F)c(C(F)(F)CCCCC3CC3C)c(=O)[nH]c2c1. The molecular formula is C20H22F5NO2. The van der Waals surface area contributed by atoms with Crippen molar-refractivity contribution in [3.05, 3.63) is 39.7 Å². The van der Waals surface area contributed by atoms with E-state index in [9.17, 15) is 26.7 Å². The number of rotatable bonds is 7. The van der Waals surface area contributed by atoms with E-state index in [1.165, 1.54) is 19.2 Å². The molecule has 2 atom stereocenters. The fraction of sp³-hybridized carbons (Fsp3) is 0.550. The molecule has 2 aromatic rings. The van der Waals surface area contributed by atoms with E-state index >= 15 is 0 Å². The van der Waals surface area contributed by atoms with Crippen LogP contribution in [0.4, 0.5) is 22.0 Å². The van der Waals surface area contributed by atoms with Crippen molar-refractivity contribution in [1.29, 1.82) is 0 Å². The van der Waals surface area contributed by atoms with Gasteiger partial charge in [0, 0.05) is 17.9 Å². The summed E-state index contributed by atoms with van der Waals surface area (Å²) in [4.78, 5) is 14.4. The molecule has 1 aromatic carbocycles. The first-order chi connectivity index (χ1) is 13.0. The number of benzene rings is 1. The van der Waals surface area contributed by atoms with Crippen molar-refractivity contribution < 1.29 is 26.7 Å². The Morgan fingerprint density at radius 1 is 1.14 bits per heavy atom. The predicted molar refractivity (Wildman–Crippen MR) is 95.8 cm³/mol. The largest absolute Gasteiger partial charge is 0.497 e. The number of hydrogen-bond donors (Lipinski definition) is 1. The number of H-pyrrole nitrogens is 1. The van der Waals surface area contributed by atoms with Crippen LogP contribution in [-0.2, 0) is 12.1 Å². The number of ether oxygens (including phenoxy) is 1. The van der Waals surface area contributed by atoms with Crippen LogP contribution in [-0.4, -0.2) is 12.1 Å². The molecule has 3 nitrogen and oxygen atoms in total. The number of hydrogen-bond acceptors (Lipinski definition) is 2. The van der Waals surface area contributed by atoms with Gasteiger partial charge in [0.1, 0.15) is 5.75 Å². The van der Waals surface area contributed by atoms with Crippen LogP contribution in [0.5, 0.6) is 5.75 Å². The monoisotopic (exact) mass is 403 g/mol. The summed E-state index contributed by atoms with van der Waals surface area (Å²) >= 11 is 0. The van der Waals surface area contributed by atoms with Crippen LogP contribution in [0.1, 0.15) is 50.2 Å². The molecule has 1 heterocycles. The first kappa shape index (κ1) is 20.6. The molecule has 0 saturated heterocycles. The van der Waals surface area contributed by atoms with Crippen LogP contribution >= 0.6 is 0 Å². The maximum absolute atomic E-state index is 14.8. The molecule has 154 valence electrons. The lowest BCUT2D eigenvalue weighted by molar-refractivity contribution is -0.141. The van der Waals surface area contributed by atoms with Gasteiger partial charge in [-0.15, -0.1) is 0 Å². The van der Waals surface area contributed by atoms with Crippen LogP contribution in [0.25, 0.3) is 10.9 Å². The second-order valence-corrected chi connectivity index (χ2v) is 7.54. The second-order valence-electron chi connectivity index (χ2n) is 7.54. The summed E-state index contributed by atoms with van der Waals surface area (Å²) in [5.41, 5.74) is -4.69. The fourth-order valence-electron chi connectivity index (χ4n) is 3.73. The number of alkyl halides is 5. The molecule has 0 amide bonds. The quantitative estimate of drug-likeness (QED) is 0.465. The average Bonchev–Trinajstić information content (AvgIpc) is 3.31. The third-order valence-electron chi connectivity index (χ3n) is 5.46. The highest BCUT2D eigenvalue weighted by Gasteiger charge is 2.46. The Morgan fingerprint density at radius 2 is 1.82 bits per heavy atom. The van der Waals surface area contributed by atoms with Gasteiger partial charge in [-0.05, 0) is 36.8 Å². The Hall–Kier alpha value is -2.12. The maximum Gasteiger partial charge on any atom is 0.417 e. The normalized spacial score (nSPS) is 19.8. The van der Waals surface area contributed by atoms with Crippen molar-refractivity contribution >= 4 is 10.9 Å². The van der Waals surface area contributed by atoms with Crippen LogP contribution in [0.3, 0.4) is 0 Å². The lowest BCUT2D eigenvalue weighted by Gasteiger charge is -2.22.